The zero-order valence-electron chi connectivity index (χ0n) is 29.5. The highest BCUT2D eigenvalue weighted by molar-refractivity contribution is 6.32. The molecule has 0 saturated heterocycles. The maximum Gasteiger partial charge on any atom is 0.164 e. The van der Waals surface area contributed by atoms with Crippen molar-refractivity contribution in [2.45, 2.75) is 0 Å². The van der Waals surface area contributed by atoms with Crippen molar-refractivity contribution in [1.29, 1.82) is 0 Å². The first-order valence-electron chi connectivity index (χ1n) is 18.3. The van der Waals surface area contributed by atoms with Crippen LogP contribution < -0.4 is 0 Å². The zero-order chi connectivity index (χ0) is 36.3. The van der Waals surface area contributed by atoms with Gasteiger partial charge in [0.25, 0.3) is 0 Å². The van der Waals surface area contributed by atoms with Crippen LogP contribution in [0.1, 0.15) is 0 Å². The van der Waals surface area contributed by atoms with Crippen LogP contribution in [0.2, 0.25) is 0 Å². The molecule has 0 saturated carbocycles. The number of nitrogens with zero attached hydrogens (tertiary/aromatic N) is 6. The van der Waals surface area contributed by atoms with Crippen LogP contribution in [0.4, 0.5) is 0 Å². The van der Waals surface area contributed by atoms with Gasteiger partial charge in [0.05, 0.1) is 22.1 Å². The largest absolute Gasteiger partial charge is 0.309 e. The normalized spacial score (nSPS) is 11.6. The van der Waals surface area contributed by atoms with Crippen molar-refractivity contribution in [2.75, 3.05) is 0 Å². The topological polar surface area (TPSA) is 69.4 Å². The highest BCUT2D eigenvalue weighted by Crippen LogP contribution is 2.42. The number of para-hydroxylation sites is 1. The van der Waals surface area contributed by atoms with E-state index in [2.05, 4.69) is 114 Å². The monoisotopic (exact) mass is 702 g/mol. The molecule has 8 aromatic carbocycles. The Morgan fingerprint density at radius 1 is 0.345 bits per heavy atom. The Balaban J connectivity index is 1.11. The van der Waals surface area contributed by atoms with E-state index >= 15 is 0 Å². The van der Waals surface area contributed by atoms with Gasteiger partial charge in [0.1, 0.15) is 0 Å². The number of hydrogen-bond acceptors (Lipinski definition) is 5. The van der Waals surface area contributed by atoms with E-state index in [9.17, 15) is 0 Å². The maximum atomic E-state index is 5.00. The Kier molecular flexibility index (Phi) is 7.07. The van der Waals surface area contributed by atoms with Gasteiger partial charge in [0.2, 0.25) is 0 Å². The number of aromatic nitrogens is 6. The highest BCUT2D eigenvalue weighted by Gasteiger charge is 2.20. The minimum Gasteiger partial charge on any atom is -0.309 e. The van der Waals surface area contributed by atoms with Crippen LogP contribution in [0.3, 0.4) is 0 Å². The van der Waals surface area contributed by atoms with E-state index in [-0.39, 0.29) is 0 Å². The number of benzene rings is 8. The second-order valence-electron chi connectivity index (χ2n) is 13.7. The third-order valence-electron chi connectivity index (χ3n) is 10.5. The molecule has 0 atom stereocenters. The van der Waals surface area contributed by atoms with Gasteiger partial charge in [0.15, 0.2) is 17.5 Å². The van der Waals surface area contributed by atoms with E-state index in [1.807, 2.05) is 60.7 Å². The van der Waals surface area contributed by atoms with Crippen molar-refractivity contribution >= 4 is 54.4 Å². The summed E-state index contributed by atoms with van der Waals surface area (Å²) in [5.41, 5.74) is 10.2. The summed E-state index contributed by atoms with van der Waals surface area (Å²) in [5.74, 6) is 1.91. The molecule has 0 spiro atoms. The molecule has 3 heterocycles. The molecule has 0 aliphatic rings. The van der Waals surface area contributed by atoms with Crippen LogP contribution >= 0.6 is 0 Å². The van der Waals surface area contributed by atoms with Gasteiger partial charge < -0.3 is 4.57 Å². The third-order valence-corrected chi connectivity index (χ3v) is 10.5. The summed E-state index contributed by atoms with van der Waals surface area (Å²) in [4.78, 5) is 24.6. The van der Waals surface area contributed by atoms with Crippen molar-refractivity contribution in [1.82, 2.24) is 29.5 Å². The quantitative estimate of drug-likeness (QED) is 0.167. The maximum absolute atomic E-state index is 5.00. The van der Waals surface area contributed by atoms with Gasteiger partial charge in [0, 0.05) is 61.7 Å². The fraction of sp³-hybridized carbons (Fsp3) is 0. The van der Waals surface area contributed by atoms with Gasteiger partial charge >= 0.3 is 0 Å². The van der Waals surface area contributed by atoms with E-state index in [0.29, 0.717) is 17.5 Å². The standard InChI is InChI=1S/C49H30N6/c1-3-13-31(14-4-1)47-52-48(32-15-5-2-6-16-32)54-49(53-47)35-19-11-17-33(29-35)34-18-12-20-36(30-34)55-42-24-10-9-21-37(42)40-25-26-41-43(46(40)55)38-22-7-8-23-39(38)44-45(41)51-28-27-50-44/h1-30H. The molecular formula is C49H30N6. The molecule has 0 aliphatic carbocycles. The molecule has 3 aromatic heterocycles. The van der Waals surface area contributed by atoms with E-state index < -0.39 is 0 Å². The Bertz CT molecular complexity index is 3170. The van der Waals surface area contributed by atoms with Gasteiger partial charge in [-0.25, -0.2) is 15.0 Å². The van der Waals surface area contributed by atoms with Crippen LogP contribution in [-0.4, -0.2) is 29.5 Å². The first-order valence-corrected chi connectivity index (χ1v) is 18.3. The van der Waals surface area contributed by atoms with Crippen molar-refractivity contribution in [3.63, 3.8) is 0 Å². The summed E-state index contributed by atoms with van der Waals surface area (Å²) in [5, 5.41) is 6.91. The lowest BCUT2D eigenvalue weighted by atomic mass is 9.97. The predicted octanol–water partition coefficient (Wildman–Crippen LogP) is 11.9. The Labute approximate surface area is 316 Å². The van der Waals surface area contributed by atoms with Gasteiger partial charge in [-0.3, -0.25) is 9.97 Å². The lowest BCUT2D eigenvalue weighted by Crippen LogP contribution is -2.00. The van der Waals surface area contributed by atoms with Crippen LogP contribution in [0.15, 0.2) is 182 Å². The molecule has 0 N–H and O–H groups in total. The molecule has 0 radical (unpaired) electrons. The number of hydrogen-bond donors (Lipinski definition) is 0. The summed E-state index contributed by atoms with van der Waals surface area (Å²) < 4.78 is 2.42. The van der Waals surface area contributed by atoms with Crippen LogP contribution in [0.25, 0.3) is 105 Å². The average Bonchev–Trinajstić information content (AvgIpc) is 3.61. The number of rotatable bonds is 5. The summed E-state index contributed by atoms with van der Waals surface area (Å²) >= 11 is 0. The van der Waals surface area contributed by atoms with Crippen molar-refractivity contribution in [3.05, 3.63) is 182 Å². The molecular weight excluding hydrogens is 673 g/mol. The summed E-state index contributed by atoms with van der Waals surface area (Å²) in [6, 6.07) is 59.2. The molecule has 256 valence electrons. The predicted molar refractivity (Wildman–Crippen MR) is 224 cm³/mol. The molecule has 0 fully saturated rings. The molecule has 0 amide bonds. The molecule has 11 rings (SSSR count). The summed E-state index contributed by atoms with van der Waals surface area (Å²) in [6.45, 7) is 0. The first-order chi connectivity index (χ1) is 27.3. The van der Waals surface area contributed by atoms with E-state index in [0.717, 1.165) is 71.7 Å². The van der Waals surface area contributed by atoms with Gasteiger partial charge in [-0.2, -0.15) is 0 Å². The zero-order valence-corrected chi connectivity index (χ0v) is 29.5. The van der Waals surface area contributed by atoms with Crippen LogP contribution in [0.5, 0.6) is 0 Å². The molecule has 11 aromatic rings. The smallest absolute Gasteiger partial charge is 0.164 e. The van der Waals surface area contributed by atoms with E-state index in [1.54, 1.807) is 12.4 Å². The SMILES string of the molecule is c1ccc(-c2nc(-c3ccccc3)nc(-c3cccc(-c4cccc(-n5c6ccccc6c6ccc7c8nccnc8c8ccccc8c7c65)c4)c3)n2)cc1. The molecule has 0 bridgehead atoms. The molecule has 0 unspecified atom stereocenters. The lowest BCUT2D eigenvalue weighted by molar-refractivity contribution is 1.07. The minimum absolute atomic E-state index is 0.627. The molecule has 6 heteroatoms. The second kappa shape index (κ2) is 12.5. The highest BCUT2D eigenvalue weighted by atomic mass is 15.0. The number of fused-ring (bicyclic) bond motifs is 10. The fourth-order valence-corrected chi connectivity index (χ4v) is 8.04. The van der Waals surface area contributed by atoms with E-state index in [4.69, 9.17) is 24.9 Å². The Morgan fingerprint density at radius 2 is 0.855 bits per heavy atom. The Morgan fingerprint density at radius 3 is 1.56 bits per heavy atom. The second-order valence-corrected chi connectivity index (χ2v) is 13.7. The van der Waals surface area contributed by atoms with Gasteiger partial charge in [-0.15, -0.1) is 0 Å². The van der Waals surface area contributed by atoms with Crippen molar-refractivity contribution in [2.24, 2.45) is 0 Å². The Hall–Kier alpha value is -7.57. The third kappa shape index (κ3) is 5.07. The minimum atomic E-state index is 0.627. The first kappa shape index (κ1) is 31.0. The van der Waals surface area contributed by atoms with Gasteiger partial charge in [-0.1, -0.05) is 146 Å². The van der Waals surface area contributed by atoms with Gasteiger partial charge in [-0.05, 0) is 40.8 Å². The van der Waals surface area contributed by atoms with Crippen molar-refractivity contribution < 1.29 is 0 Å². The van der Waals surface area contributed by atoms with E-state index in [1.165, 1.54) is 16.2 Å². The molecule has 0 aliphatic heterocycles. The molecule has 6 nitrogen and oxygen atoms in total. The molecule has 55 heavy (non-hydrogen) atoms. The summed E-state index contributed by atoms with van der Waals surface area (Å²) in [7, 11) is 0. The van der Waals surface area contributed by atoms with Crippen molar-refractivity contribution in [3.8, 4) is 51.0 Å². The lowest BCUT2D eigenvalue weighted by Gasteiger charge is -2.14. The van der Waals surface area contributed by atoms with Crippen LogP contribution in [0, 0.1) is 0 Å². The summed E-state index contributed by atoms with van der Waals surface area (Å²) in [6.07, 6.45) is 3.57. The average molecular weight is 703 g/mol. The fourth-order valence-electron chi connectivity index (χ4n) is 8.04. The van der Waals surface area contributed by atoms with Crippen LogP contribution in [-0.2, 0) is 0 Å².